The van der Waals surface area contributed by atoms with Gasteiger partial charge in [-0.2, -0.15) is 10.4 Å². The third-order valence-corrected chi connectivity index (χ3v) is 12.7. The van der Waals surface area contributed by atoms with Crippen LogP contribution in [0.15, 0.2) is 43.0 Å². The third kappa shape index (κ3) is 7.46. The van der Waals surface area contributed by atoms with Crippen LogP contribution in [-0.4, -0.2) is 75.7 Å². The highest BCUT2D eigenvalue weighted by molar-refractivity contribution is 6.76. The van der Waals surface area contributed by atoms with Gasteiger partial charge in [-0.1, -0.05) is 19.6 Å². The number of anilines is 1. The summed E-state index contributed by atoms with van der Waals surface area (Å²) in [6.45, 7) is 13.8. The quantitative estimate of drug-likeness (QED) is 0.104. The van der Waals surface area contributed by atoms with Crippen molar-refractivity contribution in [3.05, 3.63) is 54.4 Å². The maximum atomic E-state index is 14.7. The Morgan fingerprint density at radius 2 is 1.88 bits per heavy atom. The number of likely N-dealkylation sites (tertiary alicyclic amines) is 1. The highest BCUT2D eigenvalue weighted by Gasteiger charge is 2.41. The molecule has 1 atom stereocenters. The van der Waals surface area contributed by atoms with E-state index < -0.39 is 8.07 Å². The maximum Gasteiger partial charge on any atom is 0.160 e. The van der Waals surface area contributed by atoms with E-state index in [0.29, 0.717) is 24.9 Å². The molecule has 12 heteroatoms. The number of piperidine rings is 1. The number of aromatic nitrogens is 5. The standard InChI is InChI=1S/C38H51FN8O2Si/c1-28-7-5-15-45(28)24-29-21-30(39)23-32(22-29)49-31-8-16-44(17-9-31)37-34(25-47(43-37)38(13-14-40)11-6-12-38)35-33-10-18-46(36(33)42-26-41-35)27-48-19-20-50(2,3)4/h10,18,21-23,25-26,28,31H,5-9,11-13,15-17,19-20,24,27H2,1-4H3/t28-/m0/s1. The monoisotopic (exact) mass is 698 g/mol. The van der Waals surface area contributed by atoms with Crippen molar-refractivity contribution in [1.29, 1.82) is 5.26 Å². The molecule has 3 aromatic heterocycles. The van der Waals surface area contributed by atoms with E-state index in [2.05, 4.69) is 59.7 Å². The summed E-state index contributed by atoms with van der Waals surface area (Å²) in [6.07, 6.45) is 13.1. The molecule has 50 heavy (non-hydrogen) atoms. The van der Waals surface area contributed by atoms with Crippen LogP contribution >= 0.6 is 0 Å². The summed E-state index contributed by atoms with van der Waals surface area (Å²) >= 11 is 0. The Kier molecular flexibility index (Phi) is 10.0. The van der Waals surface area contributed by atoms with Gasteiger partial charge in [-0.3, -0.25) is 9.58 Å². The fourth-order valence-electron chi connectivity index (χ4n) is 7.71. The molecular weight excluding hydrogens is 648 g/mol. The first-order valence-corrected chi connectivity index (χ1v) is 22.1. The molecule has 0 unspecified atom stereocenters. The Morgan fingerprint density at radius 3 is 2.58 bits per heavy atom. The van der Waals surface area contributed by atoms with E-state index in [9.17, 15) is 9.65 Å². The lowest BCUT2D eigenvalue weighted by Gasteiger charge is -2.40. The predicted molar refractivity (Wildman–Crippen MR) is 196 cm³/mol. The van der Waals surface area contributed by atoms with Crippen LogP contribution in [0.3, 0.4) is 0 Å². The topological polar surface area (TPSA) is 97.3 Å². The van der Waals surface area contributed by atoms with Gasteiger partial charge in [0.05, 0.1) is 29.3 Å². The Balaban J connectivity index is 1.10. The molecule has 10 nitrogen and oxygen atoms in total. The molecule has 0 radical (unpaired) electrons. The molecule has 2 saturated heterocycles. The molecule has 5 heterocycles. The molecule has 1 aliphatic carbocycles. The second kappa shape index (κ2) is 14.4. The molecule has 0 N–H and O–H groups in total. The van der Waals surface area contributed by atoms with E-state index in [1.165, 1.54) is 18.9 Å². The van der Waals surface area contributed by atoms with Gasteiger partial charge in [0.15, 0.2) is 5.82 Å². The zero-order chi connectivity index (χ0) is 34.9. The number of nitriles is 1. The highest BCUT2D eigenvalue weighted by atomic mass is 28.3. The Bertz CT molecular complexity index is 1830. The fourth-order valence-corrected chi connectivity index (χ4v) is 8.47. The normalized spacial score (nSPS) is 19.9. The number of fused-ring (bicyclic) bond motifs is 1. The third-order valence-electron chi connectivity index (χ3n) is 11.0. The van der Waals surface area contributed by atoms with Gasteiger partial charge in [-0.15, -0.1) is 0 Å². The van der Waals surface area contributed by atoms with Gasteiger partial charge in [0.1, 0.15) is 36.4 Å². The predicted octanol–water partition coefficient (Wildman–Crippen LogP) is 7.57. The van der Waals surface area contributed by atoms with Crippen molar-refractivity contribution in [2.45, 2.75) is 115 Å². The molecule has 0 amide bonds. The number of rotatable bonds is 13. The number of hydrogen-bond donors (Lipinski definition) is 0. The summed E-state index contributed by atoms with van der Waals surface area (Å²) in [6, 6.07) is 11.3. The lowest BCUT2D eigenvalue weighted by Crippen LogP contribution is -2.41. The minimum Gasteiger partial charge on any atom is -0.490 e. The molecule has 3 aliphatic rings. The lowest BCUT2D eigenvalue weighted by molar-refractivity contribution is 0.0899. The van der Waals surface area contributed by atoms with Crippen LogP contribution in [-0.2, 0) is 23.6 Å². The molecule has 4 aromatic rings. The number of hydrogen-bond acceptors (Lipinski definition) is 8. The lowest BCUT2D eigenvalue weighted by atomic mass is 9.75. The van der Waals surface area contributed by atoms with Gasteiger partial charge >= 0.3 is 0 Å². The second-order valence-electron chi connectivity index (χ2n) is 15.9. The van der Waals surface area contributed by atoms with Crippen LogP contribution < -0.4 is 9.64 Å². The van der Waals surface area contributed by atoms with Crippen molar-refractivity contribution in [2.75, 3.05) is 31.1 Å². The molecule has 1 aromatic carbocycles. The number of benzene rings is 1. The van der Waals surface area contributed by atoms with E-state index in [1.54, 1.807) is 12.4 Å². The summed E-state index contributed by atoms with van der Waals surface area (Å²) < 4.78 is 31.3. The van der Waals surface area contributed by atoms with Gasteiger partial charge < -0.3 is 18.9 Å². The molecular formula is C38H51FN8O2Si. The Hall–Kier alpha value is -3.79. The summed E-state index contributed by atoms with van der Waals surface area (Å²) in [5.74, 6) is 1.23. The zero-order valence-corrected chi connectivity index (χ0v) is 31.1. The number of halogens is 1. The first-order valence-electron chi connectivity index (χ1n) is 18.4. The van der Waals surface area contributed by atoms with E-state index >= 15 is 0 Å². The smallest absolute Gasteiger partial charge is 0.160 e. The van der Waals surface area contributed by atoms with E-state index in [0.717, 1.165) is 105 Å². The highest BCUT2D eigenvalue weighted by Crippen LogP contribution is 2.44. The average molecular weight is 699 g/mol. The molecule has 266 valence electrons. The second-order valence-corrected chi connectivity index (χ2v) is 21.5. The van der Waals surface area contributed by atoms with Gasteiger partial charge in [-0.25, -0.2) is 14.4 Å². The van der Waals surface area contributed by atoms with Crippen LogP contribution in [0.25, 0.3) is 22.3 Å². The van der Waals surface area contributed by atoms with Crippen LogP contribution in [0.2, 0.25) is 25.7 Å². The molecule has 0 spiro atoms. The molecule has 2 aliphatic heterocycles. The minimum atomic E-state index is -1.18. The molecule has 3 fully saturated rings. The Labute approximate surface area is 296 Å². The van der Waals surface area contributed by atoms with Gasteiger partial charge in [0.2, 0.25) is 0 Å². The van der Waals surface area contributed by atoms with Crippen LogP contribution in [0.4, 0.5) is 10.2 Å². The van der Waals surface area contributed by atoms with Crippen molar-refractivity contribution in [1.82, 2.24) is 29.2 Å². The average Bonchev–Trinajstić information content (AvgIpc) is 3.80. The van der Waals surface area contributed by atoms with Crippen molar-refractivity contribution < 1.29 is 13.9 Å². The van der Waals surface area contributed by atoms with E-state index in [-0.39, 0.29) is 17.5 Å². The number of ether oxygens (including phenoxy) is 2. The van der Waals surface area contributed by atoms with Crippen molar-refractivity contribution in [3.63, 3.8) is 0 Å². The Morgan fingerprint density at radius 1 is 1.06 bits per heavy atom. The number of nitrogens with zero attached hydrogens (tertiary/aromatic N) is 8. The van der Waals surface area contributed by atoms with Crippen LogP contribution in [0, 0.1) is 17.1 Å². The van der Waals surface area contributed by atoms with E-state index in [1.807, 2.05) is 21.5 Å². The summed E-state index contributed by atoms with van der Waals surface area (Å²) in [5.41, 5.74) is 3.29. The molecule has 7 rings (SSSR count). The van der Waals surface area contributed by atoms with Crippen molar-refractivity contribution >= 4 is 24.9 Å². The van der Waals surface area contributed by atoms with Gasteiger partial charge in [0, 0.05) is 77.0 Å². The summed E-state index contributed by atoms with van der Waals surface area (Å²) in [4.78, 5) is 14.2. The van der Waals surface area contributed by atoms with Gasteiger partial charge in [-0.05, 0) is 75.4 Å². The van der Waals surface area contributed by atoms with Crippen LogP contribution in [0.5, 0.6) is 5.75 Å². The van der Waals surface area contributed by atoms with Crippen molar-refractivity contribution in [2.24, 2.45) is 0 Å². The summed E-state index contributed by atoms with van der Waals surface area (Å²) in [5, 5.41) is 15.9. The maximum absolute atomic E-state index is 14.7. The largest absolute Gasteiger partial charge is 0.490 e. The fraction of sp³-hybridized carbons (Fsp3) is 0.579. The van der Waals surface area contributed by atoms with Crippen LogP contribution in [0.1, 0.15) is 63.9 Å². The SMILES string of the molecule is C[C@H]1CCCN1Cc1cc(F)cc(OC2CCN(c3nn(C4(CC#N)CCC4)cc3-c3ncnc4c3ccn4COCC[Si](C)(C)C)CC2)c1. The minimum absolute atomic E-state index is 0.0190. The molecule has 0 bridgehead atoms. The summed E-state index contributed by atoms with van der Waals surface area (Å²) in [7, 11) is -1.18. The first kappa shape index (κ1) is 34.6. The van der Waals surface area contributed by atoms with Crippen molar-refractivity contribution in [3.8, 4) is 23.1 Å². The van der Waals surface area contributed by atoms with Gasteiger partial charge in [0.25, 0.3) is 0 Å². The zero-order valence-electron chi connectivity index (χ0n) is 30.1. The molecule has 1 saturated carbocycles. The first-order chi connectivity index (χ1) is 24.1. The van der Waals surface area contributed by atoms with E-state index in [4.69, 9.17) is 19.6 Å².